The molecule has 1 heterocycles. The van der Waals surface area contributed by atoms with Crippen LogP contribution in [0, 0.1) is 5.41 Å². The number of methoxy groups -OCH3 is 1. The lowest BCUT2D eigenvalue weighted by Crippen LogP contribution is -2.44. The molecule has 1 saturated heterocycles. The van der Waals surface area contributed by atoms with Crippen molar-refractivity contribution in [3.63, 3.8) is 0 Å². The van der Waals surface area contributed by atoms with Crippen LogP contribution in [0.15, 0.2) is 24.3 Å². The van der Waals surface area contributed by atoms with E-state index in [9.17, 15) is 4.79 Å². The van der Waals surface area contributed by atoms with Crippen LogP contribution in [0.5, 0.6) is 0 Å². The molecule has 4 heteroatoms. The van der Waals surface area contributed by atoms with Gasteiger partial charge in [-0.05, 0) is 75.3 Å². The van der Waals surface area contributed by atoms with Gasteiger partial charge in [-0.15, -0.1) is 0 Å². The number of nitrogens with one attached hydrogen (secondary N) is 1. The number of rotatable bonds is 3. The fraction of sp³-hybridized carbons (Fsp3) is 0.632. The monoisotopic (exact) mass is 316 g/mol. The lowest BCUT2D eigenvalue weighted by molar-refractivity contribution is 0.0601. The van der Waals surface area contributed by atoms with Crippen molar-refractivity contribution in [2.75, 3.05) is 32.1 Å². The number of carbonyl (C=O) groups is 1. The van der Waals surface area contributed by atoms with E-state index < -0.39 is 0 Å². The van der Waals surface area contributed by atoms with Crippen LogP contribution in [0.4, 0.5) is 5.69 Å². The Balaban J connectivity index is 1.58. The Labute approximate surface area is 139 Å². The van der Waals surface area contributed by atoms with Crippen molar-refractivity contribution in [3.8, 4) is 0 Å². The normalized spacial score (nSPS) is 21.4. The minimum Gasteiger partial charge on any atom is -0.465 e. The molecule has 1 aromatic carbocycles. The first-order valence-corrected chi connectivity index (χ1v) is 8.76. The first kappa shape index (κ1) is 16.3. The number of anilines is 1. The summed E-state index contributed by atoms with van der Waals surface area (Å²) >= 11 is 0. The van der Waals surface area contributed by atoms with Crippen LogP contribution in [0.25, 0.3) is 0 Å². The zero-order valence-electron chi connectivity index (χ0n) is 14.3. The van der Waals surface area contributed by atoms with Gasteiger partial charge >= 0.3 is 5.97 Å². The average molecular weight is 316 g/mol. The molecule has 0 amide bonds. The van der Waals surface area contributed by atoms with Gasteiger partial charge in [-0.25, -0.2) is 4.79 Å². The van der Waals surface area contributed by atoms with Crippen molar-refractivity contribution in [1.82, 2.24) is 5.32 Å². The van der Waals surface area contributed by atoms with E-state index in [0.717, 1.165) is 19.1 Å². The molecular formula is C19H28N2O2. The molecule has 0 radical (unpaired) electrons. The summed E-state index contributed by atoms with van der Waals surface area (Å²) in [5, 5.41) is 3.43. The van der Waals surface area contributed by atoms with Gasteiger partial charge in [0.2, 0.25) is 0 Å². The fourth-order valence-electron chi connectivity index (χ4n) is 4.18. The summed E-state index contributed by atoms with van der Waals surface area (Å²) in [6, 6.07) is 8.54. The van der Waals surface area contributed by atoms with E-state index in [0.29, 0.717) is 11.0 Å². The van der Waals surface area contributed by atoms with Crippen LogP contribution in [0.3, 0.4) is 0 Å². The van der Waals surface area contributed by atoms with E-state index in [-0.39, 0.29) is 5.97 Å². The molecule has 1 aliphatic carbocycles. The minimum atomic E-state index is -0.268. The summed E-state index contributed by atoms with van der Waals surface area (Å²) in [5.74, 6) is -0.268. The van der Waals surface area contributed by atoms with Crippen molar-refractivity contribution in [2.24, 2.45) is 5.41 Å². The molecule has 1 spiro atoms. The SMILES string of the molecule is CNC1CCC2(CC1)CCN(c1ccc(C(=O)OC)cc1)CC2. The molecule has 4 nitrogen and oxygen atoms in total. The first-order chi connectivity index (χ1) is 11.2. The molecule has 1 aliphatic heterocycles. The van der Waals surface area contributed by atoms with Crippen molar-refractivity contribution in [2.45, 2.75) is 44.6 Å². The van der Waals surface area contributed by atoms with Gasteiger partial charge < -0.3 is 15.0 Å². The molecule has 126 valence electrons. The third-order valence-corrected chi connectivity index (χ3v) is 5.93. The summed E-state index contributed by atoms with van der Waals surface area (Å²) in [4.78, 5) is 14.0. The molecule has 0 unspecified atom stereocenters. The van der Waals surface area contributed by atoms with Gasteiger partial charge in [-0.2, -0.15) is 0 Å². The Morgan fingerprint density at radius 3 is 2.26 bits per heavy atom. The molecule has 0 aromatic heterocycles. The van der Waals surface area contributed by atoms with E-state index in [1.54, 1.807) is 0 Å². The second-order valence-corrected chi connectivity index (χ2v) is 7.09. The molecule has 0 atom stereocenters. The standard InChI is InChI=1S/C19H28N2O2/c1-20-16-7-9-19(10-8-16)11-13-21(14-12-19)17-5-3-15(4-6-17)18(22)23-2/h3-6,16,20H,7-14H2,1-2H3. The van der Waals surface area contributed by atoms with Crippen molar-refractivity contribution in [3.05, 3.63) is 29.8 Å². The molecular weight excluding hydrogens is 288 g/mol. The first-order valence-electron chi connectivity index (χ1n) is 8.76. The van der Waals surface area contributed by atoms with Crippen LogP contribution < -0.4 is 10.2 Å². The molecule has 2 aliphatic rings. The number of carbonyl (C=O) groups excluding carboxylic acids is 1. The lowest BCUT2D eigenvalue weighted by atomic mass is 9.67. The Morgan fingerprint density at radius 1 is 1.13 bits per heavy atom. The Kier molecular flexibility index (Phi) is 4.90. The highest BCUT2D eigenvalue weighted by Gasteiger charge is 2.37. The Hall–Kier alpha value is -1.55. The molecule has 0 bridgehead atoms. The Morgan fingerprint density at radius 2 is 1.74 bits per heavy atom. The predicted molar refractivity (Wildman–Crippen MR) is 93.0 cm³/mol. The fourth-order valence-corrected chi connectivity index (χ4v) is 4.18. The number of hydrogen-bond donors (Lipinski definition) is 1. The lowest BCUT2D eigenvalue weighted by Gasteiger charge is -2.46. The summed E-state index contributed by atoms with van der Waals surface area (Å²) in [6.07, 6.45) is 7.97. The zero-order valence-corrected chi connectivity index (χ0v) is 14.3. The summed E-state index contributed by atoms with van der Waals surface area (Å²) < 4.78 is 4.76. The Bertz CT molecular complexity index is 523. The van der Waals surface area contributed by atoms with Crippen molar-refractivity contribution >= 4 is 11.7 Å². The maximum atomic E-state index is 11.5. The largest absolute Gasteiger partial charge is 0.465 e. The van der Waals surface area contributed by atoms with Gasteiger partial charge in [-0.1, -0.05) is 0 Å². The van der Waals surface area contributed by atoms with E-state index in [4.69, 9.17) is 4.74 Å². The van der Waals surface area contributed by atoms with Crippen LogP contribution >= 0.6 is 0 Å². The highest BCUT2D eigenvalue weighted by Crippen LogP contribution is 2.45. The summed E-state index contributed by atoms with van der Waals surface area (Å²) in [5.41, 5.74) is 2.42. The van der Waals surface area contributed by atoms with E-state index in [2.05, 4.69) is 17.3 Å². The highest BCUT2D eigenvalue weighted by molar-refractivity contribution is 5.89. The molecule has 23 heavy (non-hydrogen) atoms. The second kappa shape index (κ2) is 6.91. The molecule has 1 aromatic rings. The number of esters is 1. The van der Waals surface area contributed by atoms with E-state index >= 15 is 0 Å². The van der Waals surface area contributed by atoms with Crippen molar-refractivity contribution < 1.29 is 9.53 Å². The van der Waals surface area contributed by atoms with Gasteiger partial charge in [0.05, 0.1) is 12.7 Å². The van der Waals surface area contributed by atoms with Gasteiger partial charge in [0.15, 0.2) is 0 Å². The smallest absolute Gasteiger partial charge is 0.337 e. The molecule has 1 saturated carbocycles. The van der Waals surface area contributed by atoms with Crippen LogP contribution in [0.1, 0.15) is 48.9 Å². The quantitative estimate of drug-likeness (QED) is 0.869. The maximum absolute atomic E-state index is 11.5. The maximum Gasteiger partial charge on any atom is 0.337 e. The molecule has 1 N–H and O–H groups in total. The second-order valence-electron chi connectivity index (χ2n) is 7.09. The number of hydrogen-bond acceptors (Lipinski definition) is 4. The summed E-state index contributed by atoms with van der Waals surface area (Å²) in [7, 11) is 3.51. The number of benzene rings is 1. The van der Waals surface area contributed by atoms with Gasteiger partial charge in [0, 0.05) is 24.8 Å². The number of piperidine rings is 1. The van der Waals surface area contributed by atoms with Gasteiger partial charge in [-0.3, -0.25) is 0 Å². The zero-order chi connectivity index (χ0) is 16.3. The highest BCUT2D eigenvalue weighted by atomic mass is 16.5. The van der Waals surface area contributed by atoms with E-state index in [1.807, 2.05) is 24.3 Å². The van der Waals surface area contributed by atoms with Crippen LogP contribution in [-0.2, 0) is 4.74 Å². The molecule has 3 rings (SSSR count). The van der Waals surface area contributed by atoms with Crippen LogP contribution in [0.2, 0.25) is 0 Å². The average Bonchev–Trinajstić information content (AvgIpc) is 2.63. The van der Waals surface area contributed by atoms with Gasteiger partial charge in [0.1, 0.15) is 0 Å². The van der Waals surface area contributed by atoms with Gasteiger partial charge in [0.25, 0.3) is 0 Å². The molecule has 2 fully saturated rings. The van der Waals surface area contributed by atoms with Crippen molar-refractivity contribution in [1.29, 1.82) is 0 Å². The third-order valence-electron chi connectivity index (χ3n) is 5.93. The van der Waals surface area contributed by atoms with E-state index in [1.165, 1.54) is 51.3 Å². The number of nitrogens with zero attached hydrogens (tertiary/aromatic N) is 1. The number of ether oxygens (including phenoxy) is 1. The predicted octanol–water partition coefficient (Wildman–Crippen LogP) is 3.22. The topological polar surface area (TPSA) is 41.6 Å². The van der Waals surface area contributed by atoms with Crippen LogP contribution in [-0.4, -0.2) is 39.3 Å². The third kappa shape index (κ3) is 3.52. The summed E-state index contributed by atoms with van der Waals surface area (Å²) in [6.45, 7) is 2.25. The minimum absolute atomic E-state index is 0.268.